The third kappa shape index (κ3) is 4.13. The van der Waals surface area contributed by atoms with Crippen LogP contribution in [0.4, 0.5) is 0 Å². The van der Waals surface area contributed by atoms with Gasteiger partial charge in [0.25, 0.3) is 0 Å². The predicted molar refractivity (Wildman–Crippen MR) is 111 cm³/mol. The van der Waals surface area contributed by atoms with Crippen molar-refractivity contribution in [3.05, 3.63) is 60.3 Å². The first-order valence-corrected chi connectivity index (χ1v) is 9.82. The van der Waals surface area contributed by atoms with E-state index in [4.69, 9.17) is 9.15 Å². The van der Waals surface area contributed by atoms with E-state index in [1.165, 1.54) is 37.3 Å². The van der Waals surface area contributed by atoms with Gasteiger partial charge in [0.05, 0.1) is 6.61 Å². The fourth-order valence-corrected chi connectivity index (χ4v) is 5.49. The van der Waals surface area contributed by atoms with Crippen LogP contribution in [0.25, 0.3) is 11.0 Å². The normalized spacial score (nSPS) is 29.4. The van der Waals surface area contributed by atoms with Crippen LogP contribution in [0.1, 0.15) is 46.0 Å². The van der Waals surface area contributed by atoms with Crippen LogP contribution in [-0.2, 0) is 19.8 Å². The molecule has 0 bridgehead atoms. The Morgan fingerprint density at radius 3 is 2.79 bits per heavy atom. The summed E-state index contributed by atoms with van der Waals surface area (Å²) >= 11 is 0. The Kier molecular flexibility index (Phi) is 7.32. The van der Waals surface area contributed by atoms with Gasteiger partial charge in [0.1, 0.15) is 11.3 Å². The fraction of sp³-hybridized carbons (Fsp3) is 0.500. The average molecular weight is 558 g/mol. The first kappa shape index (κ1) is 22.9. The van der Waals surface area contributed by atoms with E-state index in [0.29, 0.717) is 18.1 Å². The molecule has 2 aliphatic carbocycles. The number of ether oxygens (including phenoxy) is 1. The summed E-state index contributed by atoms with van der Waals surface area (Å²) in [6.07, 6.45) is 6.31. The van der Waals surface area contributed by atoms with E-state index in [2.05, 4.69) is 20.4 Å². The smallest absolute Gasteiger partial charge is 0.493 e. The first-order valence-electron chi connectivity index (χ1n) is 9.82. The second kappa shape index (κ2) is 8.96. The summed E-state index contributed by atoms with van der Waals surface area (Å²) < 4.78 is 11.5. The number of hydrogen-bond acceptors (Lipinski definition) is 3. The van der Waals surface area contributed by atoms with Gasteiger partial charge >= 0.3 is 25.4 Å². The van der Waals surface area contributed by atoms with Crippen molar-refractivity contribution < 1.29 is 28.9 Å². The van der Waals surface area contributed by atoms with Gasteiger partial charge in [-0.2, -0.15) is 0 Å². The summed E-state index contributed by atoms with van der Waals surface area (Å²) in [5.41, 5.74) is 1.87. The standard InChI is InChI=1S/C23H28O3.CH3.Os/c1-15-5-4-12-23(3)19(15)10-6-16(2)20(23)14-25-18-9-7-17-8-11-22(24)26-21(17)13-18;;/h7-9,11,13,15,19-20H,2,4-6,10,12,14H2,1,3H3;1H3;/q;-1;+1/t15-,19?,20-,23-;;/m0../s1. The Labute approximate surface area is 181 Å². The van der Waals surface area contributed by atoms with Gasteiger partial charge in [-0.05, 0) is 54.7 Å². The number of hydrogen-bond donors (Lipinski definition) is 0. The van der Waals surface area contributed by atoms with Crippen LogP contribution in [0.15, 0.2) is 51.7 Å². The van der Waals surface area contributed by atoms with Crippen molar-refractivity contribution in [2.24, 2.45) is 23.2 Å². The van der Waals surface area contributed by atoms with E-state index in [-0.39, 0.29) is 38.3 Å². The van der Waals surface area contributed by atoms with Crippen LogP contribution in [0, 0.1) is 30.6 Å². The van der Waals surface area contributed by atoms with Crippen molar-refractivity contribution in [1.29, 1.82) is 0 Å². The zero-order valence-corrected chi connectivity index (χ0v) is 19.7. The summed E-state index contributed by atoms with van der Waals surface area (Å²) in [7, 11) is 0. The Morgan fingerprint density at radius 2 is 2.00 bits per heavy atom. The molecule has 4 atom stereocenters. The zero-order chi connectivity index (χ0) is 18.3. The van der Waals surface area contributed by atoms with Crippen molar-refractivity contribution >= 4 is 11.0 Å². The van der Waals surface area contributed by atoms with Crippen molar-refractivity contribution in [2.75, 3.05) is 6.61 Å². The van der Waals surface area contributed by atoms with Gasteiger partial charge < -0.3 is 16.6 Å². The van der Waals surface area contributed by atoms with Gasteiger partial charge in [-0.3, -0.25) is 0 Å². The molecule has 0 N–H and O–H groups in total. The van der Waals surface area contributed by atoms with E-state index in [0.717, 1.165) is 29.4 Å². The molecule has 1 unspecified atom stereocenters. The van der Waals surface area contributed by atoms with Crippen LogP contribution >= 0.6 is 0 Å². The molecule has 3 nitrogen and oxygen atoms in total. The van der Waals surface area contributed by atoms with E-state index in [1.54, 1.807) is 6.07 Å². The average Bonchev–Trinajstić information content (AvgIpc) is 2.60. The number of benzene rings is 1. The van der Waals surface area contributed by atoms with Gasteiger partial charge in [0.15, 0.2) is 0 Å². The molecular weight excluding hydrogens is 526 g/mol. The Morgan fingerprint density at radius 1 is 1.25 bits per heavy atom. The Hall–Kier alpha value is -1.39. The molecular formula is C24H31O3Os. The van der Waals surface area contributed by atoms with Crippen LogP contribution < -0.4 is 10.4 Å². The molecule has 1 radical (unpaired) electrons. The molecule has 28 heavy (non-hydrogen) atoms. The fourth-order valence-electron chi connectivity index (χ4n) is 5.49. The molecule has 0 saturated heterocycles. The Bertz CT molecular complexity index is 887. The van der Waals surface area contributed by atoms with Crippen molar-refractivity contribution in [3.8, 4) is 5.75 Å². The molecule has 1 aromatic heterocycles. The molecule has 0 aliphatic heterocycles. The van der Waals surface area contributed by atoms with Crippen molar-refractivity contribution in [2.45, 2.75) is 46.0 Å². The van der Waals surface area contributed by atoms with Crippen molar-refractivity contribution in [3.63, 3.8) is 0 Å². The summed E-state index contributed by atoms with van der Waals surface area (Å²) in [4.78, 5) is 11.5. The zero-order valence-electron chi connectivity index (χ0n) is 17.1. The quantitative estimate of drug-likeness (QED) is 0.263. The molecule has 1 aromatic carbocycles. The van der Waals surface area contributed by atoms with E-state index in [1.807, 2.05) is 18.2 Å². The predicted octanol–water partition coefficient (Wildman–Crippen LogP) is 6.03. The second-order valence-corrected chi connectivity index (χ2v) is 8.50. The maximum absolute atomic E-state index is 11.5. The van der Waals surface area contributed by atoms with Crippen molar-refractivity contribution in [1.82, 2.24) is 0 Å². The van der Waals surface area contributed by atoms with E-state index < -0.39 is 0 Å². The molecule has 4 heteroatoms. The molecule has 2 fully saturated rings. The molecule has 0 amide bonds. The summed E-state index contributed by atoms with van der Waals surface area (Å²) in [6, 6.07) is 8.95. The molecule has 153 valence electrons. The van der Waals surface area contributed by atoms with Gasteiger partial charge in [-0.15, -0.1) is 0 Å². The monoisotopic (exact) mass is 559 g/mol. The number of fused-ring (bicyclic) bond motifs is 2. The van der Waals surface area contributed by atoms with Gasteiger partial charge in [-0.25, -0.2) is 4.79 Å². The van der Waals surface area contributed by atoms with Crippen LogP contribution in [0.2, 0.25) is 0 Å². The minimum absolute atomic E-state index is 0. The molecule has 1 heterocycles. The topological polar surface area (TPSA) is 39.4 Å². The molecule has 4 rings (SSSR count). The van der Waals surface area contributed by atoms with Gasteiger partial charge in [0, 0.05) is 23.4 Å². The maximum Gasteiger partial charge on any atom is 1.00 e. The summed E-state index contributed by atoms with van der Waals surface area (Å²) in [5.74, 6) is 2.71. The summed E-state index contributed by atoms with van der Waals surface area (Å²) in [6.45, 7) is 9.91. The van der Waals surface area contributed by atoms with E-state index in [9.17, 15) is 4.79 Å². The third-order valence-corrected chi connectivity index (χ3v) is 6.99. The van der Waals surface area contributed by atoms with E-state index >= 15 is 0 Å². The third-order valence-electron chi connectivity index (χ3n) is 6.99. The Balaban J connectivity index is 0.00000140. The minimum atomic E-state index is -0.332. The maximum atomic E-state index is 11.5. The molecule has 2 saturated carbocycles. The minimum Gasteiger partial charge on any atom is -0.493 e. The van der Waals surface area contributed by atoms with Crippen LogP contribution in [0.5, 0.6) is 5.75 Å². The first-order chi connectivity index (χ1) is 12.5. The van der Waals surface area contributed by atoms with Gasteiger partial charge in [-0.1, -0.05) is 38.8 Å². The van der Waals surface area contributed by atoms with Crippen LogP contribution in [-0.4, -0.2) is 6.61 Å². The summed E-state index contributed by atoms with van der Waals surface area (Å²) in [5, 5.41) is 0.909. The van der Waals surface area contributed by atoms with Gasteiger partial charge in [0.2, 0.25) is 0 Å². The number of rotatable bonds is 3. The second-order valence-electron chi connectivity index (χ2n) is 8.50. The SMILES string of the molecule is C=C1CCC2[C@@H](C)CCC[C@]2(C)[C@H]1COc1ccc2ccc(=O)oc2c1.[CH3-].[Os+]. The molecule has 0 spiro atoms. The largest absolute Gasteiger partial charge is 1.00 e. The van der Waals surface area contributed by atoms with Crippen LogP contribution in [0.3, 0.4) is 0 Å². The molecule has 2 aliphatic rings. The molecule has 2 aromatic rings.